The minimum Gasteiger partial charge on any atom is -0.166 e. The van der Waals surface area contributed by atoms with Crippen molar-refractivity contribution in [1.82, 2.24) is 0 Å². The molecule has 2 rings (SSSR count). The first-order valence-corrected chi connectivity index (χ1v) is 5.19. The number of alkyl halides is 3. The highest BCUT2D eigenvalue weighted by atomic mass is 35.5. The molecule has 0 atom stereocenters. The lowest BCUT2D eigenvalue weighted by molar-refractivity contribution is -0.137. The third-order valence-corrected chi connectivity index (χ3v) is 2.52. The molecule has 0 saturated heterocycles. The average molecular weight is 256 g/mol. The standard InChI is InChI=1S/C13H7ClF3/c14-12-3-1-2-10(8-12)9-4-6-11(7-5-9)13(15,16)17/h1,3-8H. The van der Waals surface area contributed by atoms with Gasteiger partial charge in [-0.3, -0.25) is 0 Å². The molecule has 0 amide bonds. The van der Waals surface area contributed by atoms with Crippen molar-refractivity contribution in [2.24, 2.45) is 0 Å². The Morgan fingerprint density at radius 2 is 1.65 bits per heavy atom. The van der Waals surface area contributed by atoms with Gasteiger partial charge in [0.1, 0.15) is 0 Å². The van der Waals surface area contributed by atoms with Gasteiger partial charge in [0, 0.05) is 5.02 Å². The van der Waals surface area contributed by atoms with E-state index in [0.717, 1.165) is 12.1 Å². The Hall–Kier alpha value is -1.48. The van der Waals surface area contributed by atoms with Gasteiger partial charge in [-0.05, 0) is 41.5 Å². The molecule has 2 aromatic carbocycles. The maximum atomic E-state index is 12.4. The Morgan fingerprint density at radius 1 is 1.00 bits per heavy atom. The number of halogens is 4. The van der Waals surface area contributed by atoms with Crippen molar-refractivity contribution in [3.8, 4) is 11.1 Å². The van der Waals surface area contributed by atoms with E-state index in [0.29, 0.717) is 16.1 Å². The Bertz CT molecular complexity index is 515. The maximum Gasteiger partial charge on any atom is 0.416 e. The zero-order chi connectivity index (χ0) is 12.5. The highest BCUT2D eigenvalue weighted by Crippen LogP contribution is 2.31. The van der Waals surface area contributed by atoms with Crippen LogP contribution in [0.3, 0.4) is 0 Å². The minimum absolute atomic E-state index is 0.527. The van der Waals surface area contributed by atoms with Crippen LogP contribution < -0.4 is 0 Å². The largest absolute Gasteiger partial charge is 0.416 e. The second-order valence-electron chi connectivity index (χ2n) is 3.50. The second-order valence-corrected chi connectivity index (χ2v) is 3.93. The zero-order valence-corrected chi connectivity index (χ0v) is 9.31. The summed E-state index contributed by atoms with van der Waals surface area (Å²) in [5.41, 5.74) is 0.662. The van der Waals surface area contributed by atoms with E-state index >= 15 is 0 Å². The number of rotatable bonds is 1. The first-order valence-electron chi connectivity index (χ1n) is 4.82. The van der Waals surface area contributed by atoms with Crippen molar-refractivity contribution < 1.29 is 13.2 Å². The highest BCUT2D eigenvalue weighted by molar-refractivity contribution is 6.30. The van der Waals surface area contributed by atoms with Gasteiger partial charge in [-0.2, -0.15) is 13.2 Å². The number of hydrogen-bond acceptors (Lipinski definition) is 0. The zero-order valence-electron chi connectivity index (χ0n) is 8.55. The monoisotopic (exact) mass is 255 g/mol. The molecule has 1 radical (unpaired) electrons. The number of benzene rings is 2. The van der Waals surface area contributed by atoms with Gasteiger partial charge in [0.25, 0.3) is 0 Å². The molecular formula is C13H7ClF3. The molecule has 0 aromatic heterocycles. The fourth-order valence-corrected chi connectivity index (χ4v) is 1.62. The SMILES string of the molecule is FC(F)(F)c1ccc(-c2[c]ccc(Cl)c2)cc1. The lowest BCUT2D eigenvalue weighted by Gasteiger charge is -2.07. The summed E-state index contributed by atoms with van der Waals surface area (Å²) in [6.07, 6.45) is -4.31. The van der Waals surface area contributed by atoms with Crippen molar-refractivity contribution >= 4 is 11.6 Å². The molecule has 2 aromatic rings. The normalized spacial score (nSPS) is 11.5. The van der Waals surface area contributed by atoms with Crippen LogP contribution in [0, 0.1) is 6.07 Å². The molecule has 0 aliphatic carbocycles. The first-order chi connectivity index (χ1) is 7.97. The summed E-state index contributed by atoms with van der Waals surface area (Å²) in [5.74, 6) is 0. The lowest BCUT2D eigenvalue weighted by atomic mass is 10.0. The van der Waals surface area contributed by atoms with E-state index in [1.54, 1.807) is 18.2 Å². The van der Waals surface area contributed by atoms with Crippen LogP contribution in [-0.2, 0) is 6.18 Å². The van der Waals surface area contributed by atoms with Gasteiger partial charge in [-0.25, -0.2) is 0 Å². The Labute approximate surface area is 102 Å². The van der Waals surface area contributed by atoms with Gasteiger partial charge in [-0.1, -0.05) is 29.8 Å². The van der Waals surface area contributed by atoms with Crippen LogP contribution in [0.1, 0.15) is 5.56 Å². The molecule has 87 valence electrons. The van der Waals surface area contributed by atoms with E-state index in [2.05, 4.69) is 6.07 Å². The van der Waals surface area contributed by atoms with Gasteiger partial charge in [0.05, 0.1) is 5.56 Å². The predicted octanol–water partition coefficient (Wildman–Crippen LogP) is 4.83. The molecule has 4 heteroatoms. The van der Waals surface area contributed by atoms with Gasteiger partial charge in [0.2, 0.25) is 0 Å². The Morgan fingerprint density at radius 3 is 2.18 bits per heavy atom. The van der Waals surface area contributed by atoms with E-state index in [1.165, 1.54) is 12.1 Å². The third-order valence-electron chi connectivity index (χ3n) is 2.29. The van der Waals surface area contributed by atoms with Crippen molar-refractivity contribution in [2.45, 2.75) is 6.18 Å². The fraction of sp³-hybridized carbons (Fsp3) is 0.0769. The Kier molecular flexibility index (Phi) is 3.11. The lowest BCUT2D eigenvalue weighted by Crippen LogP contribution is -2.03. The van der Waals surface area contributed by atoms with Crippen LogP contribution in [0.2, 0.25) is 5.02 Å². The van der Waals surface area contributed by atoms with E-state index in [4.69, 9.17) is 11.6 Å². The number of hydrogen-bond donors (Lipinski definition) is 0. The molecule has 0 bridgehead atoms. The molecule has 0 N–H and O–H groups in total. The van der Waals surface area contributed by atoms with E-state index in [1.807, 2.05) is 0 Å². The van der Waals surface area contributed by atoms with Crippen LogP contribution in [0.4, 0.5) is 13.2 Å². The van der Waals surface area contributed by atoms with Crippen LogP contribution >= 0.6 is 11.6 Å². The molecule has 0 fully saturated rings. The van der Waals surface area contributed by atoms with Gasteiger partial charge >= 0.3 is 6.18 Å². The summed E-state index contributed by atoms with van der Waals surface area (Å²) in [6.45, 7) is 0. The molecule has 0 unspecified atom stereocenters. The van der Waals surface area contributed by atoms with Crippen molar-refractivity contribution in [1.29, 1.82) is 0 Å². The average Bonchev–Trinajstić information content (AvgIpc) is 2.28. The van der Waals surface area contributed by atoms with Crippen molar-refractivity contribution in [3.05, 3.63) is 59.1 Å². The topological polar surface area (TPSA) is 0 Å². The minimum atomic E-state index is -4.31. The van der Waals surface area contributed by atoms with Gasteiger partial charge < -0.3 is 0 Å². The highest BCUT2D eigenvalue weighted by Gasteiger charge is 2.29. The van der Waals surface area contributed by atoms with E-state index in [-0.39, 0.29) is 0 Å². The molecule has 0 nitrogen and oxygen atoms in total. The third kappa shape index (κ3) is 2.80. The summed E-state index contributed by atoms with van der Waals surface area (Å²) < 4.78 is 37.1. The van der Waals surface area contributed by atoms with Crippen LogP contribution in [0.5, 0.6) is 0 Å². The summed E-state index contributed by atoms with van der Waals surface area (Å²) >= 11 is 5.80. The summed E-state index contributed by atoms with van der Waals surface area (Å²) in [4.78, 5) is 0. The molecule has 0 spiro atoms. The smallest absolute Gasteiger partial charge is 0.166 e. The summed E-state index contributed by atoms with van der Waals surface area (Å²) in [7, 11) is 0. The van der Waals surface area contributed by atoms with Gasteiger partial charge in [-0.15, -0.1) is 0 Å². The molecule has 0 aliphatic heterocycles. The van der Waals surface area contributed by atoms with Crippen LogP contribution in [0.25, 0.3) is 11.1 Å². The molecule has 0 aliphatic rings. The molecule has 0 heterocycles. The first kappa shape index (κ1) is 12.0. The predicted molar refractivity (Wildman–Crippen MR) is 60.7 cm³/mol. The van der Waals surface area contributed by atoms with Crippen molar-refractivity contribution in [3.63, 3.8) is 0 Å². The fourth-order valence-electron chi connectivity index (χ4n) is 1.44. The van der Waals surface area contributed by atoms with Crippen LogP contribution in [-0.4, -0.2) is 0 Å². The maximum absolute atomic E-state index is 12.4. The summed E-state index contributed by atoms with van der Waals surface area (Å²) in [5, 5.41) is 0.527. The van der Waals surface area contributed by atoms with Gasteiger partial charge in [0.15, 0.2) is 0 Å². The van der Waals surface area contributed by atoms with E-state index in [9.17, 15) is 13.2 Å². The second kappa shape index (κ2) is 4.41. The van der Waals surface area contributed by atoms with Crippen molar-refractivity contribution in [2.75, 3.05) is 0 Å². The Balaban J connectivity index is 2.36. The van der Waals surface area contributed by atoms with Crippen LogP contribution in [0.15, 0.2) is 42.5 Å². The molecular weight excluding hydrogens is 249 g/mol. The van der Waals surface area contributed by atoms with E-state index < -0.39 is 11.7 Å². The summed E-state index contributed by atoms with van der Waals surface area (Å²) in [6, 6.07) is 12.8. The molecule has 17 heavy (non-hydrogen) atoms. The molecule has 0 saturated carbocycles. The quantitative estimate of drug-likeness (QED) is 0.685.